The summed E-state index contributed by atoms with van der Waals surface area (Å²) in [6.45, 7) is 8.19. The number of piperidine rings is 1. The van der Waals surface area contributed by atoms with E-state index >= 15 is 0 Å². The summed E-state index contributed by atoms with van der Waals surface area (Å²) >= 11 is 0. The highest BCUT2D eigenvalue weighted by Crippen LogP contribution is 2.19. The maximum atomic E-state index is 12.2. The quantitative estimate of drug-likeness (QED) is 0.705. The fourth-order valence-electron chi connectivity index (χ4n) is 3.16. The molecule has 0 radical (unpaired) electrons. The molecule has 0 bridgehead atoms. The molecule has 6 heteroatoms. The van der Waals surface area contributed by atoms with E-state index in [2.05, 4.69) is 22.5 Å². The summed E-state index contributed by atoms with van der Waals surface area (Å²) < 4.78 is 0. The number of amides is 2. The zero-order valence-electron chi connectivity index (χ0n) is 13.1. The maximum Gasteiger partial charge on any atom is 0.312 e. The maximum absolute atomic E-state index is 12.2. The number of piperazine rings is 1. The smallest absolute Gasteiger partial charge is 0.312 e. The largest absolute Gasteiger partial charge is 0.347 e. The minimum absolute atomic E-state index is 0.241. The third kappa shape index (κ3) is 4.68. The van der Waals surface area contributed by atoms with Crippen molar-refractivity contribution in [3.05, 3.63) is 0 Å². The Hall–Kier alpha value is -1.14. The third-order valence-corrected chi connectivity index (χ3v) is 4.48. The fourth-order valence-corrected chi connectivity index (χ4v) is 3.16. The summed E-state index contributed by atoms with van der Waals surface area (Å²) in [4.78, 5) is 28.3. The van der Waals surface area contributed by atoms with Crippen LogP contribution in [0.5, 0.6) is 0 Å². The number of nitrogens with one attached hydrogen (secondary N) is 2. The van der Waals surface area contributed by atoms with E-state index in [0.717, 1.165) is 65.0 Å². The topological polar surface area (TPSA) is 64.7 Å². The molecule has 0 aromatic heterocycles. The number of carbonyl (C=O) groups is 2. The number of carbonyl (C=O) groups excluding carboxylic acids is 2. The third-order valence-electron chi connectivity index (χ3n) is 4.48. The number of hydrogen-bond acceptors (Lipinski definition) is 4. The van der Waals surface area contributed by atoms with Crippen molar-refractivity contribution in [3.8, 4) is 0 Å². The van der Waals surface area contributed by atoms with Gasteiger partial charge in [-0.05, 0) is 25.7 Å². The van der Waals surface area contributed by atoms with E-state index < -0.39 is 5.91 Å². The van der Waals surface area contributed by atoms with Crippen LogP contribution in [0.1, 0.15) is 32.6 Å². The van der Waals surface area contributed by atoms with Gasteiger partial charge in [0.25, 0.3) is 0 Å². The van der Waals surface area contributed by atoms with Crippen molar-refractivity contribution in [2.75, 3.05) is 45.8 Å². The second kappa shape index (κ2) is 8.34. The fraction of sp³-hybridized carbons (Fsp3) is 0.867. The van der Waals surface area contributed by atoms with E-state index in [4.69, 9.17) is 0 Å². The van der Waals surface area contributed by atoms with Crippen LogP contribution in [-0.2, 0) is 9.59 Å². The summed E-state index contributed by atoms with van der Waals surface area (Å²) in [5.74, 6) is -0.785. The van der Waals surface area contributed by atoms with Crippen molar-refractivity contribution in [2.45, 2.75) is 38.6 Å². The molecule has 2 aliphatic rings. The zero-order valence-corrected chi connectivity index (χ0v) is 13.1. The standard InChI is InChI=1S/C15H28N4O2/c1-2-13-5-3-4-9-19(13)15(21)14(20)17-8-12-18-10-6-16-7-11-18/h13,16H,2-12H2,1H3,(H,17,20). The minimum Gasteiger partial charge on any atom is -0.347 e. The molecule has 2 rings (SSSR count). The lowest BCUT2D eigenvalue weighted by Gasteiger charge is -2.34. The van der Waals surface area contributed by atoms with Crippen LogP contribution in [0, 0.1) is 0 Å². The van der Waals surface area contributed by atoms with Crippen molar-refractivity contribution < 1.29 is 9.59 Å². The lowest BCUT2D eigenvalue weighted by Crippen LogP contribution is -2.51. The van der Waals surface area contributed by atoms with Gasteiger partial charge in [-0.1, -0.05) is 6.92 Å². The van der Waals surface area contributed by atoms with E-state index in [1.165, 1.54) is 0 Å². The van der Waals surface area contributed by atoms with Gasteiger partial charge in [0.05, 0.1) is 0 Å². The first kappa shape index (κ1) is 16.2. The van der Waals surface area contributed by atoms with Crippen LogP contribution in [0.2, 0.25) is 0 Å². The molecule has 2 amide bonds. The zero-order chi connectivity index (χ0) is 15.1. The Balaban J connectivity index is 1.72. The Morgan fingerprint density at radius 3 is 2.67 bits per heavy atom. The van der Waals surface area contributed by atoms with Gasteiger partial charge in [-0.15, -0.1) is 0 Å². The van der Waals surface area contributed by atoms with Crippen molar-refractivity contribution >= 4 is 11.8 Å². The molecule has 6 nitrogen and oxygen atoms in total. The number of nitrogens with zero attached hydrogens (tertiary/aromatic N) is 2. The Morgan fingerprint density at radius 1 is 1.19 bits per heavy atom. The Labute approximate surface area is 127 Å². The summed E-state index contributed by atoms with van der Waals surface area (Å²) in [6.07, 6.45) is 4.12. The molecule has 1 unspecified atom stereocenters. The van der Waals surface area contributed by atoms with Crippen LogP contribution in [0.15, 0.2) is 0 Å². The average Bonchev–Trinajstić information content (AvgIpc) is 2.55. The van der Waals surface area contributed by atoms with Gasteiger partial charge in [0.15, 0.2) is 0 Å². The van der Waals surface area contributed by atoms with Crippen molar-refractivity contribution in [1.29, 1.82) is 0 Å². The molecule has 2 N–H and O–H groups in total. The predicted octanol–water partition coefficient (Wildman–Crippen LogP) is -0.201. The molecule has 0 saturated carbocycles. The van der Waals surface area contributed by atoms with Gasteiger partial charge in [0.1, 0.15) is 0 Å². The monoisotopic (exact) mass is 296 g/mol. The van der Waals surface area contributed by atoms with E-state index in [9.17, 15) is 9.59 Å². The summed E-state index contributed by atoms with van der Waals surface area (Å²) in [6, 6.07) is 0.241. The Kier molecular flexibility index (Phi) is 6.45. The van der Waals surface area contributed by atoms with Crippen LogP contribution in [0.3, 0.4) is 0 Å². The SMILES string of the molecule is CCC1CCCCN1C(=O)C(=O)NCCN1CCNCC1. The highest BCUT2D eigenvalue weighted by atomic mass is 16.2. The molecule has 1 atom stereocenters. The number of hydrogen-bond donors (Lipinski definition) is 2. The number of rotatable bonds is 4. The van der Waals surface area contributed by atoms with Crippen LogP contribution < -0.4 is 10.6 Å². The number of likely N-dealkylation sites (tertiary alicyclic amines) is 1. The molecular weight excluding hydrogens is 268 g/mol. The first-order valence-electron chi connectivity index (χ1n) is 8.24. The predicted molar refractivity (Wildman–Crippen MR) is 82.0 cm³/mol. The van der Waals surface area contributed by atoms with Gasteiger partial charge in [-0.3, -0.25) is 14.5 Å². The van der Waals surface area contributed by atoms with Crippen molar-refractivity contribution in [1.82, 2.24) is 20.4 Å². The molecule has 0 spiro atoms. The molecule has 0 aromatic rings. The molecule has 2 heterocycles. The van der Waals surface area contributed by atoms with E-state index in [1.807, 2.05) is 0 Å². The van der Waals surface area contributed by atoms with Crippen molar-refractivity contribution in [3.63, 3.8) is 0 Å². The van der Waals surface area contributed by atoms with Gasteiger partial charge in [-0.25, -0.2) is 0 Å². The Bertz CT molecular complexity index is 356. The second-order valence-electron chi connectivity index (χ2n) is 5.90. The summed E-state index contributed by atoms with van der Waals surface area (Å²) in [7, 11) is 0. The van der Waals surface area contributed by atoms with Crippen molar-refractivity contribution in [2.24, 2.45) is 0 Å². The molecule has 21 heavy (non-hydrogen) atoms. The molecule has 0 aromatic carbocycles. The Morgan fingerprint density at radius 2 is 1.95 bits per heavy atom. The van der Waals surface area contributed by atoms with Gasteiger partial charge in [0, 0.05) is 51.9 Å². The van der Waals surface area contributed by atoms with Crippen LogP contribution in [-0.4, -0.2) is 73.5 Å². The summed E-state index contributed by atoms with van der Waals surface area (Å²) in [5.41, 5.74) is 0. The average molecular weight is 296 g/mol. The van der Waals surface area contributed by atoms with Gasteiger partial charge in [-0.2, -0.15) is 0 Å². The van der Waals surface area contributed by atoms with Crippen LogP contribution in [0.25, 0.3) is 0 Å². The molecule has 2 saturated heterocycles. The molecule has 2 aliphatic heterocycles. The first-order valence-corrected chi connectivity index (χ1v) is 8.24. The molecular formula is C15H28N4O2. The normalized spacial score (nSPS) is 23.9. The van der Waals surface area contributed by atoms with E-state index in [-0.39, 0.29) is 11.9 Å². The molecule has 0 aliphatic carbocycles. The van der Waals surface area contributed by atoms with Crippen LogP contribution in [0.4, 0.5) is 0 Å². The van der Waals surface area contributed by atoms with Gasteiger partial charge >= 0.3 is 11.8 Å². The highest BCUT2D eigenvalue weighted by molar-refractivity contribution is 6.35. The lowest BCUT2D eigenvalue weighted by atomic mass is 10.00. The van der Waals surface area contributed by atoms with Gasteiger partial charge < -0.3 is 15.5 Å². The summed E-state index contributed by atoms with van der Waals surface area (Å²) in [5, 5.41) is 6.08. The molecule has 120 valence electrons. The first-order chi connectivity index (χ1) is 10.2. The minimum atomic E-state index is -0.439. The highest BCUT2D eigenvalue weighted by Gasteiger charge is 2.29. The van der Waals surface area contributed by atoms with E-state index in [0.29, 0.717) is 6.54 Å². The second-order valence-corrected chi connectivity index (χ2v) is 5.90. The van der Waals surface area contributed by atoms with E-state index in [1.54, 1.807) is 4.90 Å². The lowest BCUT2D eigenvalue weighted by molar-refractivity contribution is -0.148. The molecule has 2 fully saturated rings. The van der Waals surface area contributed by atoms with Crippen LogP contribution >= 0.6 is 0 Å². The van der Waals surface area contributed by atoms with Gasteiger partial charge in [0.2, 0.25) is 0 Å².